The highest BCUT2D eigenvalue weighted by Crippen LogP contribution is 2.22. The molecule has 2 unspecified atom stereocenters. The quantitative estimate of drug-likeness (QED) is 0.832. The number of hydrogen-bond donors (Lipinski definition) is 1. The standard InChI is InChI=1S/C19H27N3O4/c1-14-12-22(13-17(14)21-6-8-26-9-7-21)18(23)11-20-19(24)15-4-3-5-16(10-15)25-2/h3-5,10,14,17H,6-9,11-13H2,1-2H3,(H,20,24). The molecular weight excluding hydrogens is 334 g/mol. The highest BCUT2D eigenvalue weighted by Gasteiger charge is 2.36. The number of amides is 2. The number of carbonyl (C=O) groups is 2. The van der Waals surface area contributed by atoms with Gasteiger partial charge < -0.3 is 19.7 Å². The monoisotopic (exact) mass is 361 g/mol. The molecule has 2 fully saturated rings. The smallest absolute Gasteiger partial charge is 0.251 e. The summed E-state index contributed by atoms with van der Waals surface area (Å²) >= 11 is 0. The SMILES string of the molecule is COc1cccc(C(=O)NCC(=O)N2CC(C)C(N3CCOCC3)C2)c1. The molecule has 1 aromatic carbocycles. The van der Waals surface area contributed by atoms with Gasteiger partial charge in [0.05, 0.1) is 26.9 Å². The van der Waals surface area contributed by atoms with Gasteiger partial charge in [-0.25, -0.2) is 0 Å². The third-order valence-corrected chi connectivity index (χ3v) is 5.17. The topological polar surface area (TPSA) is 71.1 Å². The fourth-order valence-electron chi connectivity index (χ4n) is 3.67. The zero-order valence-electron chi connectivity index (χ0n) is 15.4. The van der Waals surface area contributed by atoms with Crippen molar-refractivity contribution in [3.63, 3.8) is 0 Å². The maximum atomic E-state index is 12.5. The number of nitrogens with one attached hydrogen (secondary N) is 1. The van der Waals surface area contributed by atoms with Crippen molar-refractivity contribution in [3.8, 4) is 5.75 Å². The normalized spacial score (nSPS) is 23.7. The fraction of sp³-hybridized carbons (Fsp3) is 0.579. The van der Waals surface area contributed by atoms with Crippen molar-refractivity contribution in [2.45, 2.75) is 13.0 Å². The van der Waals surface area contributed by atoms with E-state index in [1.54, 1.807) is 31.4 Å². The summed E-state index contributed by atoms with van der Waals surface area (Å²) in [5.74, 6) is 0.731. The molecule has 2 aliphatic rings. The molecule has 1 N–H and O–H groups in total. The van der Waals surface area contributed by atoms with Crippen molar-refractivity contribution in [3.05, 3.63) is 29.8 Å². The number of morpholine rings is 1. The minimum Gasteiger partial charge on any atom is -0.497 e. The lowest BCUT2D eigenvalue weighted by Crippen LogP contribution is -2.47. The van der Waals surface area contributed by atoms with Gasteiger partial charge in [-0.3, -0.25) is 14.5 Å². The van der Waals surface area contributed by atoms with Crippen LogP contribution in [0.3, 0.4) is 0 Å². The van der Waals surface area contributed by atoms with E-state index in [4.69, 9.17) is 9.47 Å². The number of likely N-dealkylation sites (tertiary alicyclic amines) is 1. The molecule has 3 rings (SSSR count). The summed E-state index contributed by atoms with van der Waals surface area (Å²) in [4.78, 5) is 29.0. The first kappa shape index (κ1) is 18.7. The average Bonchev–Trinajstić information content (AvgIpc) is 3.08. The van der Waals surface area contributed by atoms with Crippen molar-refractivity contribution in [1.29, 1.82) is 0 Å². The molecule has 2 atom stereocenters. The molecule has 2 aliphatic heterocycles. The average molecular weight is 361 g/mol. The first-order valence-corrected chi connectivity index (χ1v) is 9.10. The largest absolute Gasteiger partial charge is 0.497 e. The van der Waals surface area contributed by atoms with E-state index in [0.29, 0.717) is 23.3 Å². The Labute approximate surface area is 154 Å². The summed E-state index contributed by atoms with van der Waals surface area (Å²) in [6.45, 7) is 7.00. The van der Waals surface area contributed by atoms with Crippen LogP contribution < -0.4 is 10.1 Å². The third kappa shape index (κ3) is 4.34. The van der Waals surface area contributed by atoms with Gasteiger partial charge in [-0.1, -0.05) is 13.0 Å². The number of nitrogens with zero attached hydrogens (tertiary/aromatic N) is 2. The van der Waals surface area contributed by atoms with Crippen molar-refractivity contribution >= 4 is 11.8 Å². The zero-order valence-corrected chi connectivity index (χ0v) is 15.4. The highest BCUT2D eigenvalue weighted by atomic mass is 16.5. The number of carbonyl (C=O) groups excluding carboxylic acids is 2. The zero-order chi connectivity index (χ0) is 18.5. The number of hydrogen-bond acceptors (Lipinski definition) is 5. The van der Waals surface area contributed by atoms with Gasteiger partial charge in [0.15, 0.2) is 0 Å². The summed E-state index contributed by atoms with van der Waals surface area (Å²) in [7, 11) is 1.56. The van der Waals surface area contributed by atoms with E-state index in [0.717, 1.165) is 39.4 Å². The number of methoxy groups -OCH3 is 1. The van der Waals surface area contributed by atoms with Gasteiger partial charge in [-0.2, -0.15) is 0 Å². The van der Waals surface area contributed by atoms with Gasteiger partial charge in [-0.05, 0) is 24.1 Å². The van der Waals surface area contributed by atoms with Crippen LogP contribution in [0.4, 0.5) is 0 Å². The molecule has 1 aromatic rings. The number of benzene rings is 1. The van der Waals surface area contributed by atoms with Gasteiger partial charge in [0.2, 0.25) is 5.91 Å². The molecule has 2 saturated heterocycles. The third-order valence-electron chi connectivity index (χ3n) is 5.17. The van der Waals surface area contributed by atoms with E-state index in [-0.39, 0.29) is 18.4 Å². The second-order valence-electron chi connectivity index (χ2n) is 6.91. The molecule has 26 heavy (non-hydrogen) atoms. The Kier molecular flexibility index (Phi) is 6.11. The van der Waals surface area contributed by atoms with Gasteiger partial charge in [0.25, 0.3) is 5.91 Å². The van der Waals surface area contributed by atoms with Crippen LogP contribution >= 0.6 is 0 Å². The molecular formula is C19H27N3O4. The molecule has 2 heterocycles. The molecule has 142 valence electrons. The van der Waals surface area contributed by atoms with Crippen molar-refractivity contribution in [2.75, 3.05) is 53.0 Å². The van der Waals surface area contributed by atoms with Gasteiger partial charge in [-0.15, -0.1) is 0 Å². The van der Waals surface area contributed by atoms with Crippen LogP contribution in [0.2, 0.25) is 0 Å². The van der Waals surface area contributed by atoms with Gasteiger partial charge in [0.1, 0.15) is 5.75 Å². The number of rotatable bonds is 5. The lowest BCUT2D eigenvalue weighted by Gasteiger charge is -2.33. The second-order valence-corrected chi connectivity index (χ2v) is 6.91. The van der Waals surface area contributed by atoms with Crippen molar-refractivity contribution in [2.24, 2.45) is 5.92 Å². The first-order valence-electron chi connectivity index (χ1n) is 9.10. The molecule has 7 heteroatoms. The molecule has 0 aromatic heterocycles. The van der Waals surface area contributed by atoms with E-state index in [1.165, 1.54) is 0 Å². The molecule has 0 saturated carbocycles. The van der Waals surface area contributed by atoms with Crippen LogP contribution in [0, 0.1) is 5.92 Å². The summed E-state index contributed by atoms with van der Waals surface area (Å²) < 4.78 is 10.5. The van der Waals surface area contributed by atoms with E-state index < -0.39 is 0 Å². The van der Waals surface area contributed by atoms with Crippen molar-refractivity contribution in [1.82, 2.24) is 15.1 Å². The predicted octanol–water partition coefficient (Wildman–Crippen LogP) is 0.604. The first-order chi connectivity index (χ1) is 12.6. The van der Waals surface area contributed by atoms with E-state index in [2.05, 4.69) is 17.1 Å². The summed E-state index contributed by atoms with van der Waals surface area (Å²) in [6, 6.07) is 7.27. The summed E-state index contributed by atoms with van der Waals surface area (Å²) in [5, 5.41) is 2.72. The molecule has 0 radical (unpaired) electrons. The minimum atomic E-state index is -0.269. The molecule has 0 aliphatic carbocycles. The molecule has 0 spiro atoms. The van der Waals surface area contributed by atoms with E-state index in [1.807, 2.05) is 4.90 Å². The van der Waals surface area contributed by atoms with E-state index in [9.17, 15) is 9.59 Å². The highest BCUT2D eigenvalue weighted by molar-refractivity contribution is 5.96. The molecule has 7 nitrogen and oxygen atoms in total. The molecule has 0 bridgehead atoms. The summed E-state index contributed by atoms with van der Waals surface area (Å²) in [6.07, 6.45) is 0. The summed E-state index contributed by atoms with van der Waals surface area (Å²) in [5.41, 5.74) is 0.484. The van der Waals surface area contributed by atoms with Crippen LogP contribution in [0.5, 0.6) is 5.75 Å². The molecule has 2 amide bonds. The Morgan fingerprint density at radius 2 is 2.04 bits per heavy atom. The maximum absolute atomic E-state index is 12.5. The number of ether oxygens (including phenoxy) is 2. The predicted molar refractivity (Wildman–Crippen MR) is 97.3 cm³/mol. The van der Waals surface area contributed by atoms with Gasteiger partial charge in [0, 0.05) is 37.8 Å². The Morgan fingerprint density at radius 3 is 2.77 bits per heavy atom. The Bertz CT molecular complexity index is 645. The second kappa shape index (κ2) is 8.51. The Balaban J connectivity index is 1.51. The Hall–Kier alpha value is -2.12. The van der Waals surface area contributed by atoms with Gasteiger partial charge >= 0.3 is 0 Å². The van der Waals surface area contributed by atoms with E-state index >= 15 is 0 Å². The van der Waals surface area contributed by atoms with Crippen LogP contribution in [-0.4, -0.2) is 80.7 Å². The fourth-order valence-corrected chi connectivity index (χ4v) is 3.67. The lowest BCUT2D eigenvalue weighted by molar-refractivity contribution is -0.129. The van der Waals surface area contributed by atoms with Crippen LogP contribution in [0.25, 0.3) is 0 Å². The van der Waals surface area contributed by atoms with Crippen LogP contribution in [0.15, 0.2) is 24.3 Å². The van der Waals surface area contributed by atoms with Crippen LogP contribution in [-0.2, 0) is 9.53 Å². The van der Waals surface area contributed by atoms with Crippen molar-refractivity contribution < 1.29 is 19.1 Å². The van der Waals surface area contributed by atoms with Crippen LogP contribution in [0.1, 0.15) is 17.3 Å². The Morgan fingerprint density at radius 1 is 1.27 bits per heavy atom. The maximum Gasteiger partial charge on any atom is 0.251 e. The minimum absolute atomic E-state index is 0.0125. The lowest BCUT2D eigenvalue weighted by atomic mass is 10.0.